The molecule has 0 spiro atoms. The molecule has 0 radical (unpaired) electrons. The van der Waals surface area contributed by atoms with Crippen molar-refractivity contribution in [2.24, 2.45) is 0 Å². The number of hydrogen-bond donors (Lipinski definition) is 0. The second-order valence-corrected chi connectivity index (χ2v) is 5.17. The van der Waals surface area contributed by atoms with Gasteiger partial charge in [-0.15, -0.1) is 0 Å². The SMILES string of the molecule is CCc1ccccc1N1CCN(C(=O)COC)[C@H](C)C1=O. The molecule has 0 N–H and O–H groups in total. The van der Waals surface area contributed by atoms with Crippen LogP contribution in [0.1, 0.15) is 19.4 Å². The fourth-order valence-electron chi connectivity index (χ4n) is 2.73. The third-order valence-electron chi connectivity index (χ3n) is 3.91. The molecular formula is C16H22N2O3. The quantitative estimate of drug-likeness (QED) is 0.843. The molecule has 21 heavy (non-hydrogen) atoms. The van der Waals surface area contributed by atoms with Gasteiger partial charge in [0.2, 0.25) is 11.8 Å². The fraction of sp³-hybridized carbons (Fsp3) is 0.500. The summed E-state index contributed by atoms with van der Waals surface area (Å²) in [5, 5.41) is 0. The summed E-state index contributed by atoms with van der Waals surface area (Å²) in [4.78, 5) is 27.9. The van der Waals surface area contributed by atoms with E-state index in [9.17, 15) is 9.59 Å². The topological polar surface area (TPSA) is 49.9 Å². The first-order chi connectivity index (χ1) is 10.1. The van der Waals surface area contributed by atoms with E-state index in [0.29, 0.717) is 13.1 Å². The summed E-state index contributed by atoms with van der Waals surface area (Å²) >= 11 is 0. The second-order valence-electron chi connectivity index (χ2n) is 5.17. The molecule has 0 saturated carbocycles. The van der Waals surface area contributed by atoms with Gasteiger partial charge in [0.15, 0.2) is 0 Å². The molecule has 1 aromatic rings. The fourth-order valence-corrected chi connectivity index (χ4v) is 2.73. The van der Waals surface area contributed by atoms with Crippen molar-refractivity contribution < 1.29 is 14.3 Å². The number of para-hydroxylation sites is 1. The van der Waals surface area contributed by atoms with E-state index in [1.165, 1.54) is 7.11 Å². The summed E-state index contributed by atoms with van der Waals surface area (Å²) in [5.74, 6) is -0.173. The number of amides is 2. The Hall–Kier alpha value is -1.88. The molecule has 114 valence electrons. The number of anilines is 1. The number of aryl methyl sites for hydroxylation is 1. The molecule has 0 unspecified atom stereocenters. The number of piperazine rings is 1. The van der Waals surface area contributed by atoms with Crippen LogP contribution in [0.3, 0.4) is 0 Å². The minimum Gasteiger partial charge on any atom is -0.375 e. The summed E-state index contributed by atoms with van der Waals surface area (Å²) in [7, 11) is 1.48. The molecule has 0 aliphatic carbocycles. The Morgan fingerprint density at radius 3 is 2.71 bits per heavy atom. The second kappa shape index (κ2) is 6.72. The number of nitrogens with zero attached hydrogens (tertiary/aromatic N) is 2. The van der Waals surface area contributed by atoms with E-state index in [0.717, 1.165) is 17.7 Å². The number of methoxy groups -OCH3 is 1. The molecule has 2 rings (SSSR count). The zero-order valence-electron chi connectivity index (χ0n) is 12.8. The van der Waals surface area contributed by atoms with E-state index in [-0.39, 0.29) is 18.4 Å². The molecule has 1 heterocycles. The van der Waals surface area contributed by atoms with Crippen molar-refractivity contribution in [3.63, 3.8) is 0 Å². The van der Waals surface area contributed by atoms with E-state index in [1.807, 2.05) is 24.3 Å². The predicted octanol–water partition coefficient (Wildman–Crippen LogP) is 1.46. The van der Waals surface area contributed by atoms with Crippen LogP contribution in [0.2, 0.25) is 0 Å². The first-order valence-electron chi connectivity index (χ1n) is 7.27. The maximum atomic E-state index is 12.6. The molecule has 1 aliphatic rings. The number of benzene rings is 1. The van der Waals surface area contributed by atoms with Crippen LogP contribution in [-0.2, 0) is 20.7 Å². The van der Waals surface area contributed by atoms with E-state index < -0.39 is 6.04 Å². The lowest BCUT2D eigenvalue weighted by Crippen LogP contribution is -2.58. The Morgan fingerprint density at radius 2 is 2.05 bits per heavy atom. The summed E-state index contributed by atoms with van der Waals surface area (Å²) in [6.45, 7) is 4.92. The smallest absolute Gasteiger partial charge is 0.249 e. The Kier molecular flexibility index (Phi) is 4.96. The standard InChI is InChI=1S/C16H22N2O3/c1-4-13-7-5-6-8-14(13)18-10-9-17(12(2)16(18)20)15(19)11-21-3/h5-8,12H,4,9-11H2,1-3H3/t12-/m1/s1. The van der Waals surface area contributed by atoms with Gasteiger partial charge in [-0.05, 0) is 25.0 Å². The third-order valence-corrected chi connectivity index (χ3v) is 3.91. The van der Waals surface area contributed by atoms with Crippen LogP contribution >= 0.6 is 0 Å². The van der Waals surface area contributed by atoms with Gasteiger partial charge in [-0.25, -0.2) is 0 Å². The molecule has 1 fully saturated rings. The van der Waals surface area contributed by atoms with Gasteiger partial charge < -0.3 is 14.5 Å². The molecular weight excluding hydrogens is 268 g/mol. The van der Waals surface area contributed by atoms with E-state index in [2.05, 4.69) is 6.92 Å². The largest absolute Gasteiger partial charge is 0.375 e. The van der Waals surface area contributed by atoms with Crippen LogP contribution in [0.25, 0.3) is 0 Å². The Bertz CT molecular complexity index is 530. The Balaban J connectivity index is 2.20. The van der Waals surface area contributed by atoms with Gasteiger partial charge in [0.1, 0.15) is 12.6 Å². The molecule has 5 nitrogen and oxygen atoms in total. The van der Waals surface area contributed by atoms with Crippen molar-refractivity contribution in [2.45, 2.75) is 26.3 Å². The minimum absolute atomic E-state index is 0.0170. The zero-order valence-corrected chi connectivity index (χ0v) is 12.8. The highest BCUT2D eigenvalue weighted by molar-refractivity contribution is 6.00. The van der Waals surface area contributed by atoms with Crippen molar-refractivity contribution in [2.75, 3.05) is 31.7 Å². The van der Waals surface area contributed by atoms with Gasteiger partial charge in [-0.1, -0.05) is 25.1 Å². The van der Waals surface area contributed by atoms with Gasteiger partial charge >= 0.3 is 0 Å². The maximum Gasteiger partial charge on any atom is 0.249 e. The van der Waals surface area contributed by atoms with Crippen molar-refractivity contribution in [1.29, 1.82) is 0 Å². The molecule has 2 amide bonds. The van der Waals surface area contributed by atoms with Crippen LogP contribution in [-0.4, -0.2) is 49.6 Å². The van der Waals surface area contributed by atoms with Crippen molar-refractivity contribution in [1.82, 2.24) is 4.90 Å². The van der Waals surface area contributed by atoms with Crippen molar-refractivity contribution in [3.8, 4) is 0 Å². The lowest BCUT2D eigenvalue weighted by Gasteiger charge is -2.39. The van der Waals surface area contributed by atoms with Crippen LogP contribution < -0.4 is 4.90 Å². The lowest BCUT2D eigenvalue weighted by molar-refractivity contribution is -0.143. The first kappa shape index (κ1) is 15.5. The molecule has 1 saturated heterocycles. The van der Waals surface area contributed by atoms with E-state index >= 15 is 0 Å². The number of carbonyl (C=O) groups excluding carboxylic acids is 2. The highest BCUT2D eigenvalue weighted by Crippen LogP contribution is 2.24. The molecule has 1 aliphatic heterocycles. The monoisotopic (exact) mass is 290 g/mol. The Morgan fingerprint density at radius 1 is 1.33 bits per heavy atom. The highest BCUT2D eigenvalue weighted by Gasteiger charge is 2.35. The van der Waals surface area contributed by atoms with Gasteiger partial charge in [0, 0.05) is 25.9 Å². The van der Waals surface area contributed by atoms with E-state index in [1.54, 1.807) is 16.7 Å². The molecule has 1 atom stereocenters. The molecule has 0 bridgehead atoms. The van der Waals surface area contributed by atoms with Gasteiger partial charge in [0.25, 0.3) is 0 Å². The van der Waals surface area contributed by atoms with Gasteiger partial charge in [-0.3, -0.25) is 9.59 Å². The third kappa shape index (κ3) is 3.08. The van der Waals surface area contributed by atoms with E-state index in [4.69, 9.17) is 4.74 Å². The molecule has 5 heteroatoms. The number of ether oxygens (including phenoxy) is 1. The summed E-state index contributed by atoms with van der Waals surface area (Å²) in [5.41, 5.74) is 2.10. The number of hydrogen-bond acceptors (Lipinski definition) is 3. The Labute approximate surface area is 125 Å². The molecule has 1 aromatic carbocycles. The average molecular weight is 290 g/mol. The van der Waals surface area contributed by atoms with Crippen molar-refractivity contribution >= 4 is 17.5 Å². The number of rotatable bonds is 4. The van der Waals surface area contributed by atoms with Crippen LogP contribution in [0, 0.1) is 0 Å². The average Bonchev–Trinajstić information content (AvgIpc) is 2.50. The lowest BCUT2D eigenvalue weighted by atomic mass is 10.1. The summed E-state index contributed by atoms with van der Waals surface area (Å²) in [6.07, 6.45) is 0.876. The predicted molar refractivity (Wildman–Crippen MR) is 81.2 cm³/mol. The molecule has 0 aromatic heterocycles. The van der Waals surface area contributed by atoms with Crippen LogP contribution in [0.5, 0.6) is 0 Å². The maximum absolute atomic E-state index is 12.6. The number of carbonyl (C=O) groups is 2. The van der Waals surface area contributed by atoms with Crippen molar-refractivity contribution in [3.05, 3.63) is 29.8 Å². The van der Waals surface area contributed by atoms with Crippen LogP contribution in [0.15, 0.2) is 24.3 Å². The normalized spacial score (nSPS) is 19.0. The first-order valence-corrected chi connectivity index (χ1v) is 7.27. The minimum atomic E-state index is -0.452. The zero-order chi connectivity index (χ0) is 15.4. The van der Waals surface area contributed by atoms with Crippen LogP contribution in [0.4, 0.5) is 5.69 Å². The summed E-state index contributed by atoms with van der Waals surface area (Å²) < 4.78 is 4.87. The summed E-state index contributed by atoms with van der Waals surface area (Å²) in [6, 6.07) is 7.47. The van der Waals surface area contributed by atoms with Gasteiger partial charge in [0.05, 0.1) is 0 Å². The van der Waals surface area contributed by atoms with Gasteiger partial charge in [-0.2, -0.15) is 0 Å². The highest BCUT2D eigenvalue weighted by atomic mass is 16.5.